The van der Waals surface area contributed by atoms with Crippen molar-refractivity contribution >= 4 is 41.3 Å². The molecule has 0 saturated heterocycles. The first-order valence-corrected chi connectivity index (χ1v) is 9.39. The molecule has 0 bridgehead atoms. The van der Waals surface area contributed by atoms with Gasteiger partial charge in [0.2, 0.25) is 0 Å². The van der Waals surface area contributed by atoms with E-state index in [-0.39, 0.29) is 6.04 Å². The van der Waals surface area contributed by atoms with Gasteiger partial charge >= 0.3 is 12.0 Å². The van der Waals surface area contributed by atoms with E-state index in [0.29, 0.717) is 5.02 Å². The lowest BCUT2D eigenvalue weighted by Crippen LogP contribution is -2.45. The van der Waals surface area contributed by atoms with E-state index in [1.165, 1.54) is 11.8 Å². The third kappa shape index (κ3) is 6.96. The first kappa shape index (κ1) is 19.6. The SMILES string of the molecule is C[C@@H](Sc1ccc(Cl)cc1)C(=O)OCC(=O)NC(=O)NC1CCCC1. The molecular weight excluding hydrogens is 364 g/mol. The zero-order valence-electron chi connectivity index (χ0n) is 13.9. The number of carbonyl (C=O) groups is 3. The van der Waals surface area contributed by atoms with Gasteiger partial charge in [0.15, 0.2) is 6.61 Å². The maximum Gasteiger partial charge on any atom is 0.321 e. The highest BCUT2D eigenvalue weighted by atomic mass is 35.5. The summed E-state index contributed by atoms with van der Waals surface area (Å²) in [6, 6.07) is 6.65. The molecule has 8 heteroatoms. The van der Waals surface area contributed by atoms with E-state index >= 15 is 0 Å². The lowest BCUT2D eigenvalue weighted by molar-refractivity contribution is -0.147. The van der Waals surface area contributed by atoms with Gasteiger partial charge in [-0.15, -0.1) is 11.8 Å². The predicted molar refractivity (Wildman–Crippen MR) is 96.7 cm³/mol. The van der Waals surface area contributed by atoms with Crippen LogP contribution in [0.15, 0.2) is 29.2 Å². The molecule has 1 atom stereocenters. The van der Waals surface area contributed by atoms with Crippen molar-refractivity contribution in [2.75, 3.05) is 6.61 Å². The van der Waals surface area contributed by atoms with E-state index in [1.54, 1.807) is 31.2 Å². The summed E-state index contributed by atoms with van der Waals surface area (Å²) in [5.74, 6) is -1.17. The second kappa shape index (κ2) is 9.68. The minimum Gasteiger partial charge on any atom is -0.455 e. The van der Waals surface area contributed by atoms with Gasteiger partial charge in [-0.2, -0.15) is 0 Å². The van der Waals surface area contributed by atoms with Crippen molar-refractivity contribution in [2.45, 2.75) is 48.8 Å². The van der Waals surface area contributed by atoms with Crippen LogP contribution in [-0.4, -0.2) is 35.8 Å². The van der Waals surface area contributed by atoms with Crippen LogP contribution in [0.1, 0.15) is 32.6 Å². The number of hydrogen-bond acceptors (Lipinski definition) is 5. The predicted octanol–water partition coefficient (Wildman–Crippen LogP) is 3.13. The molecule has 1 aromatic carbocycles. The number of urea groups is 1. The van der Waals surface area contributed by atoms with Crippen LogP contribution in [0, 0.1) is 0 Å². The molecule has 1 aliphatic carbocycles. The molecule has 0 spiro atoms. The first-order chi connectivity index (χ1) is 11.9. The molecular formula is C17H21ClN2O4S. The summed E-state index contributed by atoms with van der Waals surface area (Å²) >= 11 is 7.12. The van der Waals surface area contributed by atoms with Crippen LogP contribution in [0.25, 0.3) is 0 Å². The number of amides is 3. The summed E-state index contributed by atoms with van der Waals surface area (Å²) in [6.45, 7) is 1.20. The van der Waals surface area contributed by atoms with E-state index in [2.05, 4.69) is 10.6 Å². The molecule has 2 N–H and O–H groups in total. The average Bonchev–Trinajstić information content (AvgIpc) is 3.07. The second-order valence-electron chi connectivity index (χ2n) is 5.82. The molecule has 0 heterocycles. The third-order valence-electron chi connectivity index (χ3n) is 3.75. The smallest absolute Gasteiger partial charge is 0.321 e. The fourth-order valence-corrected chi connectivity index (χ4v) is 3.47. The summed E-state index contributed by atoms with van der Waals surface area (Å²) in [4.78, 5) is 36.1. The fraction of sp³-hybridized carbons (Fsp3) is 0.471. The van der Waals surface area contributed by atoms with Crippen LogP contribution in [0.3, 0.4) is 0 Å². The number of esters is 1. The highest BCUT2D eigenvalue weighted by molar-refractivity contribution is 8.00. The Kier molecular flexibility index (Phi) is 7.58. The largest absolute Gasteiger partial charge is 0.455 e. The fourth-order valence-electron chi connectivity index (χ4n) is 2.47. The molecule has 1 fully saturated rings. The van der Waals surface area contributed by atoms with Gasteiger partial charge in [-0.1, -0.05) is 24.4 Å². The van der Waals surface area contributed by atoms with Crippen LogP contribution < -0.4 is 10.6 Å². The molecule has 0 radical (unpaired) electrons. The van der Waals surface area contributed by atoms with Gasteiger partial charge in [0.05, 0.1) is 0 Å². The topological polar surface area (TPSA) is 84.5 Å². The van der Waals surface area contributed by atoms with Crippen molar-refractivity contribution in [1.82, 2.24) is 10.6 Å². The molecule has 2 rings (SSSR count). The minimum absolute atomic E-state index is 0.117. The highest BCUT2D eigenvalue weighted by Gasteiger charge is 2.20. The van der Waals surface area contributed by atoms with Crippen molar-refractivity contribution in [2.24, 2.45) is 0 Å². The van der Waals surface area contributed by atoms with E-state index in [4.69, 9.17) is 16.3 Å². The van der Waals surface area contributed by atoms with Gasteiger partial charge in [-0.05, 0) is 44.0 Å². The molecule has 1 saturated carbocycles. The first-order valence-electron chi connectivity index (χ1n) is 8.13. The Morgan fingerprint density at radius 1 is 1.24 bits per heavy atom. The Balaban J connectivity index is 1.68. The molecule has 3 amide bonds. The Hall–Kier alpha value is -1.73. The van der Waals surface area contributed by atoms with Crippen LogP contribution in [0.2, 0.25) is 5.02 Å². The van der Waals surface area contributed by atoms with Gasteiger partial charge in [-0.25, -0.2) is 4.79 Å². The molecule has 136 valence electrons. The molecule has 6 nitrogen and oxygen atoms in total. The zero-order chi connectivity index (χ0) is 18.2. The van der Waals surface area contributed by atoms with Crippen molar-refractivity contribution in [1.29, 1.82) is 0 Å². The lowest BCUT2D eigenvalue weighted by atomic mass is 10.2. The normalized spacial score (nSPS) is 15.4. The maximum atomic E-state index is 11.9. The summed E-state index contributed by atoms with van der Waals surface area (Å²) < 4.78 is 4.95. The molecule has 25 heavy (non-hydrogen) atoms. The van der Waals surface area contributed by atoms with Crippen LogP contribution in [0.4, 0.5) is 4.79 Å². The number of ether oxygens (including phenoxy) is 1. The molecule has 0 aromatic heterocycles. The summed E-state index contributed by atoms with van der Waals surface area (Å²) in [5, 5.41) is 5.03. The van der Waals surface area contributed by atoms with E-state index in [1.807, 2.05) is 0 Å². The number of thioether (sulfide) groups is 1. The van der Waals surface area contributed by atoms with Gasteiger partial charge in [0.25, 0.3) is 5.91 Å². The van der Waals surface area contributed by atoms with Gasteiger partial charge in [0.1, 0.15) is 5.25 Å². The van der Waals surface area contributed by atoms with Gasteiger partial charge < -0.3 is 10.1 Å². The Morgan fingerprint density at radius 3 is 2.52 bits per heavy atom. The zero-order valence-corrected chi connectivity index (χ0v) is 15.5. The highest BCUT2D eigenvalue weighted by Crippen LogP contribution is 2.25. The molecule has 1 aliphatic rings. The number of benzene rings is 1. The summed E-state index contributed by atoms with van der Waals surface area (Å²) in [5.41, 5.74) is 0. The molecule has 0 aliphatic heterocycles. The number of hydrogen-bond donors (Lipinski definition) is 2. The lowest BCUT2D eigenvalue weighted by Gasteiger charge is -2.13. The molecule has 0 unspecified atom stereocenters. The van der Waals surface area contributed by atoms with Gasteiger partial charge in [0, 0.05) is 16.0 Å². The van der Waals surface area contributed by atoms with E-state index in [0.717, 1.165) is 30.6 Å². The standard InChI is InChI=1S/C17H21ClN2O4S/c1-11(25-14-8-6-12(18)7-9-14)16(22)24-10-15(21)20-17(23)19-13-4-2-3-5-13/h6-9,11,13H,2-5,10H2,1H3,(H2,19,20,21,23)/t11-/m1/s1. The van der Waals surface area contributed by atoms with E-state index in [9.17, 15) is 14.4 Å². The van der Waals surface area contributed by atoms with Crippen LogP contribution in [0.5, 0.6) is 0 Å². The molecule has 1 aromatic rings. The van der Waals surface area contributed by atoms with Crippen molar-refractivity contribution in [3.63, 3.8) is 0 Å². The van der Waals surface area contributed by atoms with Crippen molar-refractivity contribution < 1.29 is 19.1 Å². The number of carbonyl (C=O) groups excluding carboxylic acids is 3. The maximum absolute atomic E-state index is 11.9. The monoisotopic (exact) mass is 384 g/mol. The van der Waals surface area contributed by atoms with Crippen LogP contribution >= 0.6 is 23.4 Å². The summed E-state index contributed by atoms with van der Waals surface area (Å²) in [6.07, 6.45) is 4.02. The van der Waals surface area contributed by atoms with Gasteiger partial charge in [-0.3, -0.25) is 14.9 Å². The van der Waals surface area contributed by atoms with Crippen molar-refractivity contribution in [3.05, 3.63) is 29.3 Å². The quantitative estimate of drug-likeness (QED) is 0.581. The van der Waals surface area contributed by atoms with Crippen LogP contribution in [-0.2, 0) is 14.3 Å². The Labute approximate surface area is 156 Å². The Morgan fingerprint density at radius 2 is 1.88 bits per heavy atom. The number of imide groups is 1. The third-order valence-corrected chi connectivity index (χ3v) is 5.09. The Bertz CT molecular complexity index is 618. The second-order valence-corrected chi connectivity index (χ2v) is 7.68. The number of halogens is 1. The van der Waals surface area contributed by atoms with Crippen molar-refractivity contribution in [3.8, 4) is 0 Å². The number of nitrogens with one attached hydrogen (secondary N) is 2. The minimum atomic E-state index is -0.646. The summed E-state index contributed by atoms with van der Waals surface area (Å²) in [7, 11) is 0. The van der Waals surface area contributed by atoms with E-state index < -0.39 is 29.8 Å². The number of rotatable bonds is 6. The average molecular weight is 385 g/mol.